The molecule has 0 amide bonds. The van der Waals surface area contributed by atoms with E-state index in [9.17, 15) is 0 Å². The van der Waals surface area contributed by atoms with Crippen molar-refractivity contribution in [3.63, 3.8) is 0 Å². The Morgan fingerprint density at radius 3 is 1.41 bits per heavy atom. The summed E-state index contributed by atoms with van der Waals surface area (Å²) in [7, 11) is 0. The Bertz CT molecular complexity index is 1530. The fourth-order valence-electron chi connectivity index (χ4n) is 4.02. The first-order valence-electron chi connectivity index (χ1n) is 11.5. The number of benzene rings is 6. The van der Waals surface area contributed by atoms with Crippen LogP contribution in [-0.2, 0) is 0 Å². The lowest BCUT2D eigenvalue weighted by molar-refractivity contribution is 1.62. The van der Waals surface area contributed by atoms with E-state index in [2.05, 4.69) is 96.8 Å². The molecule has 0 saturated heterocycles. The third-order valence-corrected chi connectivity index (χ3v) is 5.73. The van der Waals surface area contributed by atoms with Gasteiger partial charge >= 0.3 is 0 Å². The molecule has 0 heteroatoms. The molecule has 6 aromatic carbocycles. The number of hydrogen-bond donors (Lipinski definition) is 0. The Labute approximate surface area is 201 Å². The van der Waals surface area contributed by atoms with Crippen molar-refractivity contribution in [2.45, 2.75) is 0 Å². The summed E-state index contributed by atoms with van der Waals surface area (Å²) < 4.78 is 0. The summed E-state index contributed by atoms with van der Waals surface area (Å²) in [5.74, 6) is 6.22. The third kappa shape index (κ3) is 5.07. The van der Waals surface area contributed by atoms with Gasteiger partial charge in [0, 0.05) is 11.1 Å². The first-order chi connectivity index (χ1) is 16.9. The van der Waals surface area contributed by atoms with E-state index in [1.165, 1.54) is 32.7 Å². The first-order valence-corrected chi connectivity index (χ1v) is 11.5. The molecule has 0 nitrogen and oxygen atoms in total. The molecule has 160 valence electrons. The molecule has 0 spiro atoms. The summed E-state index contributed by atoms with van der Waals surface area (Å²) in [5.41, 5.74) is 4.68. The van der Waals surface area contributed by atoms with Crippen molar-refractivity contribution >= 4 is 21.5 Å². The Hall–Kier alpha value is -4.60. The molecule has 0 bridgehead atoms. The maximum atomic E-state index is 3.11. The normalized spacial score (nSPS) is 10.1. The van der Waals surface area contributed by atoms with Crippen LogP contribution in [0.4, 0.5) is 0 Å². The van der Waals surface area contributed by atoms with Crippen LogP contribution < -0.4 is 0 Å². The quantitative estimate of drug-likeness (QED) is 0.180. The van der Waals surface area contributed by atoms with Crippen molar-refractivity contribution in [3.8, 4) is 23.0 Å². The van der Waals surface area contributed by atoms with Gasteiger partial charge in [-0.3, -0.25) is 0 Å². The van der Waals surface area contributed by atoms with Crippen LogP contribution in [0.2, 0.25) is 0 Å². The zero-order chi connectivity index (χ0) is 23.0. The zero-order valence-electron chi connectivity index (χ0n) is 18.9. The second kappa shape index (κ2) is 10.3. The highest BCUT2D eigenvalue weighted by Crippen LogP contribution is 2.31. The van der Waals surface area contributed by atoms with Crippen LogP contribution in [0.1, 0.15) is 11.1 Å². The van der Waals surface area contributed by atoms with Crippen molar-refractivity contribution in [2.24, 2.45) is 0 Å². The van der Waals surface area contributed by atoms with E-state index < -0.39 is 0 Å². The van der Waals surface area contributed by atoms with Crippen molar-refractivity contribution in [2.75, 3.05) is 0 Å². The summed E-state index contributed by atoms with van der Waals surface area (Å²) in [6.07, 6.45) is 0. The molecule has 0 radical (unpaired) electrons. The molecule has 0 atom stereocenters. The zero-order valence-corrected chi connectivity index (χ0v) is 18.9. The maximum absolute atomic E-state index is 3.11. The van der Waals surface area contributed by atoms with Gasteiger partial charge in [-0.15, -0.1) is 0 Å². The topological polar surface area (TPSA) is 0 Å². The molecule has 34 heavy (non-hydrogen) atoms. The van der Waals surface area contributed by atoms with Crippen LogP contribution in [0.25, 0.3) is 32.7 Å². The minimum Gasteiger partial charge on any atom is -0.0622 e. The summed E-state index contributed by atoms with van der Waals surface area (Å²) in [6.45, 7) is 0. The highest BCUT2D eigenvalue weighted by atomic mass is 14.1. The van der Waals surface area contributed by atoms with Crippen LogP contribution >= 0.6 is 0 Å². The lowest BCUT2D eigenvalue weighted by Gasteiger charge is -2.08. The number of hydrogen-bond acceptors (Lipinski definition) is 0. The highest BCUT2D eigenvalue weighted by molar-refractivity contribution is 6.04. The van der Waals surface area contributed by atoms with Crippen LogP contribution in [0, 0.1) is 11.8 Å². The van der Waals surface area contributed by atoms with Crippen molar-refractivity contribution < 1.29 is 0 Å². The van der Waals surface area contributed by atoms with Gasteiger partial charge in [0.05, 0.1) is 0 Å². The van der Waals surface area contributed by atoms with Gasteiger partial charge in [-0.2, -0.15) is 0 Å². The average molecular weight is 433 g/mol. The standard InChI is InChI=1S/C20H14.C14H10/c1-2-7-15(8-3-1)19-12-6-11-18-13-16-9-4-5-10-17(16)14-20(18)19;1-3-7-13(8-4-1)11-12-14-9-5-2-6-10-14/h1-14H;1-10H. The van der Waals surface area contributed by atoms with Crippen molar-refractivity contribution in [1.29, 1.82) is 0 Å². The highest BCUT2D eigenvalue weighted by Gasteiger charge is 2.04. The lowest BCUT2D eigenvalue weighted by atomic mass is 9.96. The fourth-order valence-corrected chi connectivity index (χ4v) is 4.02. The largest absolute Gasteiger partial charge is 0.0622 e. The fraction of sp³-hybridized carbons (Fsp3) is 0. The summed E-state index contributed by atoms with van der Waals surface area (Å²) in [6, 6.07) is 50.2. The van der Waals surface area contributed by atoms with Gasteiger partial charge in [0.15, 0.2) is 0 Å². The van der Waals surface area contributed by atoms with E-state index >= 15 is 0 Å². The van der Waals surface area contributed by atoms with Crippen LogP contribution in [0.3, 0.4) is 0 Å². The van der Waals surface area contributed by atoms with E-state index in [4.69, 9.17) is 0 Å². The molecular formula is C34H24. The molecule has 0 aliphatic rings. The monoisotopic (exact) mass is 432 g/mol. The molecule has 0 fully saturated rings. The summed E-state index contributed by atoms with van der Waals surface area (Å²) in [5, 5.41) is 5.20. The number of fused-ring (bicyclic) bond motifs is 2. The molecule has 0 saturated carbocycles. The Morgan fingerprint density at radius 1 is 0.353 bits per heavy atom. The van der Waals surface area contributed by atoms with E-state index in [-0.39, 0.29) is 0 Å². The Kier molecular flexibility index (Phi) is 6.47. The van der Waals surface area contributed by atoms with E-state index in [0.29, 0.717) is 0 Å². The average Bonchev–Trinajstić information content (AvgIpc) is 2.92. The molecule has 0 heterocycles. The van der Waals surface area contributed by atoms with Gasteiger partial charge < -0.3 is 0 Å². The van der Waals surface area contributed by atoms with Gasteiger partial charge in [-0.25, -0.2) is 0 Å². The first kappa shape index (κ1) is 21.3. The Balaban J connectivity index is 0.000000152. The van der Waals surface area contributed by atoms with Crippen LogP contribution in [0.15, 0.2) is 146 Å². The summed E-state index contributed by atoms with van der Waals surface area (Å²) >= 11 is 0. The van der Waals surface area contributed by atoms with Crippen molar-refractivity contribution in [3.05, 3.63) is 157 Å². The molecule has 6 rings (SSSR count). The molecule has 6 aromatic rings. The number of rotatable bonds is 1. The van der Waals surface area contributed by atoms with E-state index in [0.717, 1.165) is 11.1 Å². The smallest absolute Gasteiger partial charge is 0.0249 e. The molecule has 0 aliphatic carbocycles. The lowest BCUT2D eigenvalue weighted by Crippen LogP contribution is -1.82. The second-order valence-corrected chi connectivity index (χ2v) is 8.07. The van der Waals surface area contributed by atoms with Crippen molar-refractivity contribution in [1.82, 2.24) is 0 Å². The van der Waals surface area contributed by atoms with Gasteiger partial charge in [0.1, 0.15) is 0 Å². The van der Waals surface area contributed by atoms with Crippen LogP contribution in [-0.4, -0.2) is 0 Å². The Morgan fingerprint density at radius 2 is 0.824 bits per heavy atom. The van der Waals surface area contributed by atoms with E-state index in [1.54, 1.807) is 0 Å². The van der Waals surface area contributed by atoms with Gasteiger partial charge in [-0.1, -0.05) is 121 Å². The molecule has 0 unspecified atom stereocenters. The van der Waals surface area contributed by atoms with Gasteiger partial charge in [-0.05, 0) is 69.1 Å². The molecule has 0 aliphatic heterocycles. The maximum Gasteiger partial charge on any atom is 0.0249 e. The minimum atomic E-state index is 1.05. The SMILES string of the molecule is C(#Cc1ccccc1)c1ccccc1.c1ccc(-c2cccc3cc4ccccc4cc23)cc1. The predicted octanol–water partition coefficient (Wildman–Crippen LogP) is 8.75. The summed E-state index contributed by atoms with van der Waals surface area (Å²) in [4.78, 5) is 0. The van der Waals surface area contributed by atoms with Gasteiger partial charge in [0.2, 0.25) is 0 Å². The predicted molar refractivity (Wildman–Crippen MR) is 146 cm³/mol. The second-order valence-electron chi connectivity index (χ2n) is 8.07. The molecular weight excluding hydrogens is 408 g/mol. The van der Waals surface area contributed by atoms with E-state index in [1.807, 2.05) is 60.7 Å². The molecule has 0 aromatic heterocycles. The van der Waals surface area contributed by atoms with Crippen LogP contribution in [0.5, 0.6) is 0 Å². The third-order valence-electron chi connectivity index (χ3n) is 5.73. The minimum absolute atomic E-state index is 1.05. The van der Waals surface area contributed by atoms with Gasteiger partial charge in [0.25, 0.3) is 0 Å². The molecule has 0 N–H and O–H groups in total.